The number of anilines is 1. The second-order valence-corrected chi connectivity index (χ2v) is 3.67. The van der Waals surface area contributed by atoms with Crippen LogP contribution in [-0.2, 0) is 0 Å². The van der Waals surface area contributed by atoms with Gasteiger partial charge in [-0.2, -0.15) is 13.2 Å². The SMILES string of the molecule is COc1cc(NC(=O)NC(F)(F)F)c(OC)cc1Cl. The number of urea groups is 1. The minimum atomic E-state index is -4.83. The van der Waals surface area contributed by atoms with Crippen LogP contribution in [0.2, 0.25) is 5.02 Å². The molecule has 0 unspecified atom stereocenters. The number of methoxy groups -OCH3 is 2. The van der Waals surface area contributed by atoms with Gasteiger partial charge in [0.1, 0.15) is 11.5 Å². The lowest BCUT2D eigenvalue weighted by molar-refractivity contribution is -0.144. The molecule has 5 nitrogen and oxygen atoms in total. The summed E-state index contributed by atoms with van der Waals surface area (Å²) in [6.45, 7) is 0. The van der Waals surface area contributed by atoms with Gasteiger partial charge in [-0.25, -0.2) is 10.1 Å². The van der Waals surface area contributed by atoms with Crippen molar-refractivity contribution in [2.24, 2.45) is 0 Å². The molecular weight excluding hydrogens is 289 g/mol. The van der Waals surface area contributed by atoms with Crippen LogP contribution in [0.4, 0.5) is 23.7 Å². The molecule has 1 aromatic carbocycles. The van der Waals surface area contributed by atoms with Gasteiger partial charge in [0.25, 0.3) is 0 Å². The van der Waals surface area contributed by atoms with E-state index in [4.69, 9.17) is 21.1 Å². The van der Waals surface area contributed by atoms with Gasteiger partial charge >= 0.3 is 12.3 Å². The molecule has 106 valence electrons. The van der Waals surface area contributed by atoms with Crippen molar-refractivity contribution in [3.05, 3.63) is 17.2 Å². The maximum absolute atomic E-state index is 12.0. The first kappa shape index (κ1) is 15.2. The van der Waals surface area contributed by atoms with E-state index >= 15 is 0 Å². The molecule has 0 radical (unpaired) electrons. The van der Waals surface area contributed by atoms with Crippen LogP contribution in [0.25, 0.3) is 0 Å². The molecule has 0 saturated carbocycles. The zero-order chi connectivity index (χ0) is 14.6. The second kappa shape index (κ2) is 5.87. The number of benzene rings is 1. The third kappa shape index (κ3) is 4.40. The Morgan fingerprint density at radius 1 is 1.21 bits per heavy atom. The highest BCUT2D eigenvalue weighted by Crippen LogP contribution is 2.35. The number of rotatable bonds is 3. The van der Waals surface area contributed by atoms with Gasteiger partial charge in [0.15, 0.2) is 0 Å². The van der Waals surface area contributed by atoms with E-state index in [2.05, 4.69) is 0 Å². The maximum Gasteiger partial charge on any atom is 0.485 e. The number of alkyl halides is 3. The summed E-state index contributed by atoms with van der Waals surface area (Å²) in [5.41, 5.74) is -0.00880. The molecule has 0 fully saturated rings. The molecule has 0 atom stereocenters. The zero-order valence-electron chi connectivity index (χ0n) is 9.89. The predicted octanol–water partition coefficient (Wildman–Crippen LogP) is 3.00. The van der Waals surface area contributed by atoms with Crippen LogP contribution in [0.3, 0.4) is 0 Å². The summed E-state index contributed by atoms with van der Waals surface area (Å²) in [5, 5.41) is 2.97. The normalized spacial score (nSPS) is 10.8. The summed E-state index contributed by atoms with van der Waals surface area (Å²) < 4.78 is 45.6. The van der Waals surface area contributed by atoms with Gasteiger partial charge in [-0.15, -0.1) is 0 Å². The Kier molecular flexibility index (Phi) is 4.71. The molecule has 1 aromatic rings. The summed E-state index contributed by atoms with van der Waals surface area (Å²) in [7, 11) is 2.61. The number of amides is 2. The molecular formula is C10H10ClF3N2O3. The van der Waals surface area contributed by atoms with Gasteiger partial charge in [0.2, 0.25) is 0 Å². The Morgan fingerprint density at radius 2 is 1.79 bits per heavy atom. The Balaban J connectivity index is 2.96. The molecule has 19 heavy (non-hydrogen) atoms. The Hall–Kier alpha value is -1.83. The van der Waals surface area contributed by atoms with E-state index in [9.17, 15) is 18.0 Å². The van der Waals surface area contributed by atoms with Crippen molar-refractivity contribution in [3.63, 3.8) is 0 Å². The van der Waals surface area contributed by atoms with Crippen LogP contribution in [-0.4, -0.2) is 26.6 Å². The maximum atomic E-state index is 12.0. The molecule has 9 heteroatoms. The van der Waals surface area contributed by atoms with Crippen LogP contribution < -0.4 is 20.1 Å². The number of hydrogen-bond donors (Lipinski definition) is 2. The molecule has 0 heterocycles. The van der Waals surface area contributed by atoms with Gasteiger partial charge in [0.05, 0.1) is 24.9 Å². The number of halogens is 4. The van der Waals surface area contributed by atoms with Crippen molar-refractivity contribution in [1.82, 2.24) is 5.32 Å². The molecule has 0 aliphatic heterocycles. The molecule has 1 rings (SSSR count). The summed E-state index contributed by atoms with van der Waals surface area (Å²) in [6.07, 6.45) is -4.83. The minimum absolute atomic E-state index is 0.00880. The fourth-order valence-corrected chi connectivity index (χ4v) is 1.47. The summed E-state index contributed by atoms with van der Waals surface area (Å²) in [6, 6.07) is 1.11. The van der Waals surface area contributed by atoms with Crippen molar-refractivity contribution in [1.29, 1.82) is 0 Å². The molecule has 0 spiro atoms. The van der Waals surface area contributed by atoms with Crippen molar-refractivity contribution < 1.29 is 27.4 Å². The van der Waals surface area contributed by atoms with Crippen molar-refractivity contribution in [2.75, 3.05) is 19.5 Å². The minimum Gasteiger partial charge on any atom is -0.495 e. The first-order valence-corrected chi connectivity index (χ1v) is 5.22. The largest absolute Gasteiger partial charge is 0.495 e. The topological polar surface area (TPSA) is 59.6 Å². The van der Waals surface area contributed by atoms with Crippen LogP contribution >= 0.6 is 11.6 Å². The lowest BCUT2D eigenvalue weighted by Gasteiger charge is -2.14. The van der Waals surface area contributed by atoms with E-state index in [0.29, 0.717) is 0 Å². The van der Waals surface area contributed by atoms with Gasteiger partial charge in [0, 0.05) is 12.1 Å². The molecule has 0 aromatic heterocycles. The van der Waals surface area contributed by atoms with Crippen LogP contribution in [0, 0.1) is 0 Å². The Bertz CT molecular complexity index is 480. The Labute approximate surface area is 111 Å². The lowest BCUT2D eigenvalue weighted by atomic mass is 10.2. The third-order valence-electron chi connectivity index (χ3n) is 1.98. The average molecular weight is 299 g/mol. The predicted molar refractivity (Wildman–Crippen MR) is 62.8 cm³/mol. The second-order valence-electron chi connectivity index (χ2n) is 3.26. The van der Waals surface area contributed by atoms with E-state index in [0.717, 1.165) is 5.32 Å². The van der Waals surface area contributed by atoms with Gasteiger partial charge in [-0.05, 0) is 0 Å². The van der Waals surface area contributed by atoms with E-state index in [1.807, 2.05) is 5.32 Å². The highest BCUT2D eigenvalue weighted by atomic mass is 35.5. The van der Waals surface area contributed by atoms with Crippen LogP contribution in [0.5, 0.6) is 11.5 Å². The van der Waals surface area contributed by atoms with E-state index in [1.165, 1.54) is 26.4 Å². The number of ether oxygens (including phenoxy) is 2. The summed E-state index contributed by atoms with van der Waals surface area (Å²) in [4.78, 5) is 11.1. The Morgan fingerprint density at radius 3 is 2.26 bits per heavy atom. The monoisotopic (exact) mass is 298 g/mol. The van der Waals surface area contributed by atoms with Crippen molar-refractivity contribution in [2.45, 2.75) is 6.30 Å². The zero-order valence-corrected chi connectivity index (χ0v) is 10.6. The summed E-state index contributed by atoms with van der Waals surface area (Å²) >= 11 is 5.81. The van der Waals surface area contributed by atoms with E-state index in [1.54, 1.807) is 0 Å². The number of carbonyl (C=O) groups is 1. The first-order chi connectivity index (χ1) is 8.76. The summed E-state index contributed by atoms with van der Waals surface area (Å²) in [5.74, 6) is 0.285. The molecule has 0 aliphatic carbocycles. The highest BCUT2D eigenvalue weighted by Gasteiger charge is 2.30. The van der Waals surface area contributed by atoms with E-state index < -0.39 is 12.3 Å². The number of hydrogen-bond acceptors (Lipinski definition) is 3. The number of nitrogens with one attached hydrogen (secondary N) is 2. The van der Waals surface area contributed by atoms with Crippen LogP contribution in [0.1, 0.15) is 0 Å². The average Bonchev–Trinajstić information content (AvgIpc) is 2.28. The third-order valence-corrected chi connectivity index (χ3v) is 2.27. The van der Waals surface area contributed by atoms with Crippen LogP contribution in [0.15, 0.2) is 12.1 Å². The smallest absolute Gasteiger partial charge is 0.485 e. The molecule has 2 N–H and O–H groups in total. The van der Waals surface area contributed by atoms with Gasteiger partial charge < -0.3 is 14.8 Å². The molecule has 2 amide bonds. The van der Waals surface area contributed by atoms with E-state index in [-0.39, 0.29) is 22.2 Å². The van der Waals surface area contributed by atoms with Gasteiger partial charge in [-0.3, -0.25) is 0 Å². The lowest BCUT2D eigenvalue weighted by Crippen LogP contribution is -2.40. The first-order valence-electron chi connectivity index (χ1n) is 4.84. The quantitative estimate of drug-likeness (QED) is 0.843. The molecule has 0 saturated heterocycles. The fraction of sp³-hybridized carbons (Fsp3) is 0.300. The van der Waals surface area contributed by atoms with Crippen molar-refractivity contribution in [3.8, 4) is 11.5 Å². The standard InChI is InChI=1S/C10H10ClF3N2O3/c1-18-7-4-6(8(19-2)3-5(7)11)15-9(17)16-10(12,13)14/h3-4H,1-2H3,(H2,15,16,17). The fourth-order valence-electron chi connectivity index (χ4n) is 1.24. The molecule has 0 bridgehead atoms. The highest BCUT2D eigenvalue weighted by molar-refractivity contribution is 6.32. The van der Waals surface area contributed by atoms with Gasteiger partial charge in [-0.1, -0.05) is 11.6 Å². The molecule has 0 aliphatic rings. The number of carbonyl (C=O) groups excluding carboxylic acids is 1. The van der Waals surface area contributed by atoms with Crippen molar-refractivity contribution >= 4 is 23.3 Å².